The van der Waals surface area contributed by atoms with Crippen molar-refractivity contribution in [1.82, 2.24) is 4.98 Å². The van der Waals surface area contributed by atoms with E-state index < -0.39 is 5.97 Å². The van der Waals surface area contributed by atoms with E-state index in [0.29, 0.717) is 18.2 Å². The fourth-order valence-electron chi connectivity index (χ4n) is 1.92. The molecule has 1 aromatic heterocycles. The van der Waals surface area contributed by atoms with Gasteiger partial charge in [0.2, 0.25) is 0 Å². The van der Waals surface area contributed by atoms with Crippen molar-refractivity contribution in [3.05, 3.63) is 58.9 Å². The van der Waals surface area contributed by atoms with E-state index in [1.54, 1.807) is 24.5 Å². The van der Waals surface area contributed by atoms with Crippen molar-refractivity contribution >= 4 is 23.3 Å². The molecule has 0 spiro atoms. The average molecular weight is 321 g/mol. The molecule has 0 saturated heterocycles. The van der Waals surface area contributed by atoms with E-state index in [4.69, 9.17) is 21.4 Å². The van der Waals surface area contributed by atoms with Gasteiger partial charge < -0.3 is 15.2 Å². The molecule has 0 aliphatic heterocycles. The molecular formula is C16H17ClN2O3. The van der Waals surface area contributed by atoms with Crippen LogP contribution in [0.15, 0.2) is 42.7 Å². The minimum atomic E-state index is -0.995. The highest BCUT2D eigenvalue weighted by molar-refractivity contribution is 6.31. The van der Waals surface area contributed by atoms with E-state index in [0.717, 1.165) is 24.2 Å². The summed E-state index contributed by atoms with van der Waals surface area (Å²) in [5.41, 5.74) is 1.95. The average Bonchev–Trinajstić information content (AvgIpc) is 2.51. The molecule has 1 aromatic carbocycles. The van der Waals surface area contributed by atoms with Crippen LogP contribution >= 0.6 is 11.6 Å². The lowest BCUT2D eigenvalue weighted by molar-refractivity contribution is 0.0696. The molecule has 2 aromatic rings. The smallest absolute Gasteiger partial charge is 0.335 e. The lowest BCUT2D eigenvalue weighted by Gasteiger charge is -2.08. The Morgan fingerprint density at radius 2 is 2.05 bits per heavy atom. The second kappa shape index (κ2) is 8.36. The van der Waals surface area contributed by atoms with Gasteiger partial charge in [0.25, 0.3) is 0 Å². The van der Waals surface area contributed by atoms with E-state index in [9.17, 15) is 4.79 Å². The summed E-state index contributed by atoms with van der Waals surface area (Å²) in [4.78, 5) is 14.9. The Morgan fingerprint density at radius 1 is 1.27 bits per heavy atom. The number of hydrogen-bond acceptors (Lipinski definition) is 4. The summed E-state index contributed by atoms with van der Waals surface area (Å²) in [6, 6.07) is 8.51. The van der Waals surface area contributed by atoms with E-state index in [1.807, 2.05) is 12.1 Å². The van der Waals surface area contributed by atoms with E-state index in [2.05, 4.69) is 10.3 Å². The number of nitrogens with zero attached hydrogens (tertiary/aromatic N) is 1. The number of carboxylic acid groups (broad SMARTS) is 1. The number of carboxylic acids is 1. The Kier molecular flexibility index (Phi) is 6.18. The van der Waals surface area contributed by atoms with Gasteiger partial charge in [-0.15, -0.1) is 0 Å². The summed E-state index contributed by atoms with van der Waals surface area (Å²) in [6.07, 6.45) is 4.31. The summed E-state index contributed by atoms with van der Waals surface area (Å²) in [6.45, 7) is 1.71. The van der Waals surface area contributed by atoms with Crippen molar-refractivity contribution in [3.8, 4) is 0 Å². The van der Waals surface area contributed by atoms with Crippen molar-refractivity contribution in [2.75, 3.05) is 18.5 Å². The second-order valence-corrected chi connectivity index (χ2v) is 5.16. The van der Waals surface area contributed by atoms with Crippen LogP contribution < -0.4 is 5.32 Å². The Morgan fingerprint density at radius 3 is 2.77 bits per heavy atom. The molecule has 22 heavy (non-hydrogen) atoms. The van der Waals surface area contributed by atoms with Gasteiger partial charge in [0.15, 0.2) is 0 Å². The molecule has 0 aliphatic carbocycles. The molecule has 0 bridgehead atoms. The molecule has 2 N–H and O–H groups in total. The predicted molar refractivity (Wildman–Crippen MR) is 85.4 cm³/mol. The molecule has 0 saturated carbocycles. The van der Waals surface area contributed by atoms with Gasteiger partial charge in [-0.2, -0.15) is 0 Å². The van der Waals surface area contributed by atoms with Gasteiger partial charge in [0.1, 0.15) is 0 Å². The molecule has 5 nitrogen and oxygen atoms in total. The van der Waals surface area contributed by atoms with Crippen LogP contribution in [0.2, 0.25) is 5.02 Å². The number of carbonyl (C=O) groups is 1. The van der Waals surface area contributed by atoms with Gasteiger partial charge in [0.05, 0.1) is 12.2 Å². The number of nitrogens with one attached hydrogen (secondary N) is 1. The number of rotatable bonds is 8. The summed E-state index contributed by atoms with van der Waals surface area (Å²) >= 11 is 5.89. The molecule has 116 valence electrons. The standard InChI is InChI=1S/C16H17ClN2O3/c17-14-9-12(8-13(10-14)16(20)21)11-22-7-1-4-19-15-2-5-18-6-3-15/h2-3,5-6,8-10H,1,4,7,11H2,(H,18,19)(H,20,21). The third-order valence-corrected chi connectivity index (χ3v) is 3.17. The number of hydrogen-bond donors (Lipinski definition) is 2. The van der Waals surface area contributed by atoms with Crippen LogP contribution in [0.25, 0.3) is 0 Å². The monoisotopic (exact) mass is 320 g/mol. The molecule has 0 fully saturated rings. The van der Waals surface area contributed by atoms with E-state index >= 15 is 0 Å². The molecule has 0 atom stereocenters. The number of benzene rings is 1. The maximum absolute atomic E-state index is 10.9. The number of pyridine rings is 1. The highest BCUT2D eigenvalue weighted by atomic mass is 35.5. The number of anilines is 1. The quantitative estimate of drug-likeness (QED) is 0.729. The normalized spacial score (nSPS) is 10.4. The number of halogens is 1. The number of aromatic nitrogens is 1. The zero-order valence-corrected chi connectivity index (χ0v) is 12.7. The van der Waals surface area contributed by atoms with Crippen LogP contribution in [0.1, 0.15) is 22.3 Å². The van der Waals surface area contributed by atoms with Gasteiger partial charge in [-0.05, 0) is 42.3 Å². The van der Waals surface area contributed by atoms with Gasteiger partial charge in [-0.3, -0.25) is 4.98 Å². The Hall–Kier alpha value is -2.11. The van der Waals surface area contributed by atoms with Crippen LogP contribution in [-0.4, -0.2) is 29.2 Å². The first-order valence-electron chi connectivity index (χ1n) is 6.89. The third-order valence-electron chi connectivity index (χ3n) is 2.95. The first kappa shape index (κ1) is 16.3. The van der Waals surface area contributed by atoms with Crippen LogP contribution in [-0.2, 0) is 11.3 Å². The second-order valence-electron chi connectivity index (χ2n) is 4.72. The van der Waals surface area contributed by atoms with Crippen LogP contribution in [0.3, 0.4) is 0 Å². The lowest BCUT2D eigenvalue weighted by atomic mass is 10.1. The highest BCUT2D eigenvalue weighted by Gasteiger charge is 2.06. The first-order valence-corrected chi connectivity index (χ1v) is 7.27. The summed E-state index contributed by atoms with van der Waals surface area (Å²) in [5, 5.41) is 12.6. The zero-order chi connectivity index (χ0) is 15.8. The van der Waals surface area contributed by atoms with Gasteiger partial charge in [-0.25, -0.2) is 4.79 Å². The van der Waals surface area contributed by atoms with Crippen LogP contribution in [0.5, 0.6) is 0 Å². The summed E-state index contributed by atoms with van der Waals surface area (Å²) in [7, 11) is 0. The van der Waals surface area contributed by atoms with Crippen molar-refractivity contribution in [2.45, 2.75) is 13.0 Å². The van der Waals surface area contributed by atoms with Crippen molar-refractivity contribution in [1.29, 1.82) is 0 Å². The van der Waals surface area contributed by atoms with Gasteiger partial charge >= 0.3 is 5.97 Å². The van der Waals surface area contributed by atoms with Crippen molar-refractivity contribution < 1.29 is 14.6 Å². The third kappa shape index (κ3) is 5.35. The molecular weight excluding hydrogens is 304 g/mol. The Bertz CT molecular complexity index is 620. The van der Waals surface area contributed by atoms with E-state index in [1.165, 1.54) is 6.07 Å². The number of ether oxygens (including phenoxy) is 1. The number of aromatic carboxylic acids is 1. The molecule has 0 radical (unpaired) electrons. The highest BCUT2D eigenvalue weighted by Crippen LogP contribution is 2.16. The Balaban J connectivity index is 1.69. The van der Waals surface area contributed by atoms with Crippen molar-refractivity contribution in [3.63, 3.8) is 0 Å². The maximum Gasteiger partial charge on any atom is 0.335 e. The minimum absolute atomic E-state index is 0.172. The zero-order valence-electron chi connectivity index (χ0n) is 12.0. The largest absolute Gasteiger partial charge is 0.478 e. The fourth-order valence-corrected chi connectivity index (χ4v) is 2.18. The fraction of sp³-hybridized carbons (Fsp3) is 0.250. The first-order chi connectivity index (χ1) is 10.6. The lowest BCUT2D eigenvalue weighted by Crippen LogP contribution is -2.06. The summed E-state index contributed by atoms with van der Waals surface area (Å²) < 4.78 is 5.54. The van der Waals surface area contributed by atoms with Crippen LogP contribution in [0, 0.1) is 0 Å². The Labute approximate surface area is 133 Å². The summed E-state index contributed by atoms with van der Waals surface area (Å²) in [5.74, 6) is -0.995. The minimum Gasteiger partial charge on any atom is -0.478 e. The maximum atomic E-state index is 10.9. The van der Waals surface area contributed by atoms with Crippen molar-refractivity contribution in [2.24, 2.45) is 0 Å². The topological polar surface area (TPSA) is 71.5 Å². The molecule has 0 aliphatic rings. The van der Waals surface area contributed by atoms with Gasteiger partial charge in [0, 0.05) is 36.3 Å². The SMILES string of the molecule is O=C(O)c1cc(Cl)cc(COCCCNc2ccncc2)c1. The van der Waals surface area contributed by atoms with Crippen LogP contribution in [0.4, 0.5) is 5.69 Å². The molecule has 2 rings (SSSR count). The predicted octanol–water partition coefficient (Wildman–Crippen LogP) is 3.45. The van der Waals surface area contributed by atoms with E-state index in [-0.39, 0.29) is 5.56 Å². The van der Waals surface area contributed by atoms with Gasteiger partial charge in [-0.1, -0.05) is 11.6 Å². The molecule has 6 heteroatoms. The molecule has 1 heterocycles. The molecule has 0 amide bonds. The molecule has 0 unspecified atom stereocenters.